The number of anilines is 1. The highest BCUT2D eigenvalue weighted by Crippen LogP contribution is 2.21. The minimum absolute atomic E-state index is 0.112. The Hall–Kier alpha value is -2.74. The predicted octanol–water partition coefficient (Wildman–Crippen LogP) is 1.90. The molecule has 0 spiro atoms. The number of hydrogen-bond acceptors (Lipinski definition) is 5. The molecule has 2 rings (SSSR count). The van der Waals surface area contributed by atoms with Crippen LogP contribution >= 0.6 is 0 Å². The van der Waals surface area contributed by atoms with E-state index in [9.17, 15) is 13.2 Å². The Balaban J connectivity index is 2.04. The fourth-order valence-electron chi connectivity index (χ4n) is 2.37. The van der Waals surface area contributed by atoms with Gasteiger partial charge in [0.05, 0.1) is 32.7 Å². The van der Waals surface area contributed by atoms with Crippen molar-refractivity contribution in [1.82, 2.24) is 5.32 Å². The smallest absolute Gasteiger partial charge is 0.251 e. The van der Waals surface area contributed by atoms with Gasteiger partial charge in [-0.1, -0.05) is 6.07 Å². The number of nitrogens with zero attached hydrogens (tertiary/aromatic N) is 1. The average molecular weight is 378 g/mol. The molecule has 0 atom stereocenters. The predicted molar refractivity (Wildman–Crippen MR) is 101 cm³/mol. The topological polar surface area (TPSA) is 84.9 Å². The van der Waals surface area contributed by atoms with Crippen molar-refractivity contribution in [3.8, 4) is 11.5 Å². The first kappa shape index (κ1) is 19.6. The van der Waals surface area contributed by atoms with E-state index in [1.54, 1.807) is 48.5 Å². The number of ether oxygens (including phenoxy) is 2. The number of benzene rings is 2. The van der Waals surface area contributed by atoms with Gasteiger partial charge in [0.15, 0.2) is 0 Å². The fraction of sp³-hybridized carbons (Fsp3) is 0.278. The van der Waals surface area contributed by atoms with Gasteiger partial charge >= 0.3 is 0 Å². The molecule has 0 unspecified atom stereocenters. The van der Waals surface area contributed by atoms with E-state index in [1.165, 1.54) is 18.5 Å². The molecule has 0 bridgehead atoms. The van der Waals surface area contributed by atoms with E-state index >= 15 is 0 Å². The maximum Gasteiger partial charge on any atom is 0.251 e. The summed E-state index contributed by atoms with van der Waals surface area (Å²) in [6.45, 7) is 0.274. The number of hydrogen-bond donors (Lipinski definition) is 1. The molecule has 0 saturated carbocycles. The van der Waals surface area contributed by atoms with Crippen molar-refractivity contribution in [2.24, 2.45) is 0 Å². The SMILES string of the molecule is COc1ccc(N(CCNC(=O)c2cccc(OC)c2)S(C)(=O)=O)cc1. The molecule has 1 amide bonds. The molecule has 7 nitrogen and oxygen atoms in total. The van der Waals surface area contributed by atoms with Gasteiger partial charge < -0.3 is 14.8 Å². The van der Waals surface area contributed by atoms with Crippen LogP contribution < -0.4 is 19.1 Å². The summed E-state index contributed by atoms with van der Waals surface area (Å²) in [6, 6.07) is 13.4. The van der Waals surface area contributed by atoms with Gasteiger partial charge in [0, 0.05) is 12.1 Å². The Kier molecular flexibility index (Phi) is 6.46. The molecule has 8 heteroatoms. The summed E-state index contributed by atoms with van der Waals surface area (Å²) < 4.78 is 35.6. The fourth-order valence-corrected chi connectivity index (χ4v) is 3.30. The summed E-state index contributed by atoms with van der Waals surface area (Å²) in [6.07, 6.45) is 1.13. The number of sulfonamides is 1. The first-order chi connectivity index (χ1) is 12.3. The molecule has 0 aliphatic rings. The van der Waals surface area contributed by atoms with Crippen LogP contribution in [0.25, 0.3) is 0 Å². The molecule has 0 aromatic heterocycles. The summed E-state index contributed by atoms with van der Waals surface area (Å²) in [7, 11) is -0.427. The molecule has 26 heavy (non-hydrogen) atoms. The Bertz CT molecular complexity index is 850. The number of amides is 1. The number of carbonyl (C=O) groups is 1. The molecule has 2 aromatic carbocycles. The lowest BCUT2D eigenvalue weighted by Gasteiger charge is -2.22. The van der Waals surface area contributed by atoms with Crippen LogP contribution in [0.1, 0.15) is 10.4 Å². The van der Waals surface area contributed by atoms with Crippen LogP contribution in [0.5, 0.6) is 11.5 Å². The van der Waals surface area contributed by atoms with Gasteiger partial charge in [0.2, 0.25) is 10.0 Å². The van der Waals surface area contributed by atoms with Crippen molar-refractivity contribution < 1.29 is 22.7 Å². The number of carbonyl (C=O) groups excluding carboxylic acids is 1. The van der Waals surface area contributed by atoms with Crippen LogP contribution in [0, 0.1) is 0 Å². The summed E-state index contributed by atoms with van der Waals surface area (Å²) in [4.78, 5) is 12.2. The van der Waals surface area contributed by atoms with Crippen LogP contribution in [0.3, 0.4) is 0 Å². The van der Waals surface area contributed by atoms with Gasteiger partial charge in [0.1, 0.15) is 11.5 Å². The second kappa shape index (κ2) is 8.57. The molecule has 0 fully saturated rings. The molecular formula is C18H22N2O5S. The Morgan fingerprint density at radius 2 is 1.69 bits per heavy atom. The zero-order valence-electron chi connectivity index (χ0n) is 14.9. The Labute approximate surface area is 153 Å². The standard InChI is InChI=1S/C18H22N2O5S/c1-24-16-9-7-15(8-10-16)20(26(3,22)23)12-11-19-18(21)14-5-4-6-17(13-14)25-2/h4-10,13H,11-12H2,1-3H3,(H,19,21). The monoisotopic (exact) mass is 378 g/mol. The molecule has 0 heterocycles. The van der Waals surface area contributed by atoms with E-state index in [-0.39, 0.29) is 19.0 Å². The van der Waals surface area contributed by atoms with Crippen LogP contribution in [0.4, 0.5) is 5.69 Å². The third-order valence-corrected chi connectivity index (χ3v) is 4.89. The van der Waals surface area contributed by atoms with Gasteiger partial charge in [-0.15, -0.1) is 0 Å². The van der Waals surface area contributed by atoms with E-state index < -0.39 is 10.0 Å². The summed E-state index contributed by atoms with van der Waals surface area (Å²) in [5.74, 6) is 0.911. The Morgan fingerprint density at radius 1 is 1.04 bits per heavy atom. The van der Waals surface area contributed by atoms with E-state index in [0.717, 1.165) is 6.26 Å². The van der Waals surface area contributed by atoms with Crippen molar-refractivity contribution in [2.75, 3.05) is 37.9 Å². The zero-order valence-corrected chi connectivity index (χ0v) is 15.7. The number of methoxy groups -OCH3 is 2. The molecular weight excluding hydrogens is 356 g/mol. The lowest BCUT2D eigenvalue weighted by atomic mass is 10.2. The lowest BCUT2D eigenvalue weighted by molar-refractivity contribution is 0.0954. The van der Waals surface area contributed by atoms with Crippen molar-refractivity contribution >= 4 is 21.6 Å². The van der Waals surface area contributed by atoms with E-state index in [1.807, 2.05) is 0 Å². The van der Waals surface area contributed by atoms with Crippen molar-refractivity contribution in [1.29, 1.82) is 0 Å². The van der Waals surface area contributed by atoms with Gasteiger partial charge in [0.25, 0.3) is 5.91 Å². The van der Waals surface area contributed by atoms with Gasteiger partial charge in [-0.2, -0.15) is 0 Å². The minimum atomic E-state index is -3.49. The van der Waals surface area contributed by atoms with Crippen LogP contribution in [0.15, 0.2) is 48.5 Å². The quantitative estimate of drug-likeness (QED) is 0.758. The third-order valence-electron chi connectivity index (χ3n) is 3.69. The van der Waals surface area contributed by atoms with Crippen molar-refractivity contribution in [3.63, 3.8) is 0 Å². The highest BCUT2D eigenvalue weighted by Gasteiger charge is 2.17. The maximum atomic E-state index is 12.2. The normalized spacial score (nSPS) is 10.9. The largest absolute Gasteiger partial charge is 0.497 e. The van der Waals surface area contributed by atoms with E-state index in [0.29, 0.717) is 22.7 Å². The molecule has 1 N–H and O–H groups in total. The van der Waals surface area contributed by atoms with Gasteiger partial charge in [-0.25, -0.2) is 8.42 Å². The van der Waals surface area contributed by atoms with Crippen LogP contribution in [0.2, 0.25) is 0 Å². The molecule has 2 aromatic rings. The van der Waals surface area contributed by atoms with Crippen LogP contribution in [-0.2, 0) is 10.0 Å². The highest BCUT2D eigenvalue weighted by molar-refractivity contribution is 7.92. The van der Waals surface area contributed by atoms with Crippen LogP contribution in [-0.4, -0.2) is 47.9 Å². The van der Waals surface area contributed by atoms with Gasteiger partial charge in [-0.05, 0) is 42.5 Å². The summed E-state index contributed by atoms with van der Waals surface area (Å²) >= 11 is 0. The third kappa shape index (κ3) is 5.13. The summed E-state index contributed by atoms with van der Waals surface area (Å²) in [5, 5.41) is 2.72. The average Bonchev–Trinajstić information content (AvgIpc) is 2.64. The highest BCUT2D eigenvalue weighted by atomic mass is 32.2. The lowest BCUT2D eigenvalue weighted by Crippen LogP contribution is -2.38. The molecule has 0 radical (unpaired) electrons. The minimum Gasteiger partial charge on any atom is -0.497 e. The van der Waals surface area contributed by atoms with E-state index in [4.69, 9.17) is 9.47 Å². The first-order valence-electron chi connectivity index (χ1n) is 7.89. The molecule has 0 aliphatic carbocycles. The second-order valence-corrected chi connectivity index (χ2v) is 7.43. The zero-order chi connectivity index (χ0) is 19.2. The Morgan fingerprint density at radius 3 is 2.27 bits per heavy atom. The molecule has 140 valence electrons. The molecule has 0 aliphatic heterocycles. The second-order valence-electron chi connectivity index (χ2n) is 5.52. The van der Waals surface area contributed by atoms with E-state index in [2.05, 4.69) is 5.32 Å². The maximum absolute atomic E-state index is 12.2. The summed E-state index contributed by atoms with van der Waals surface area (Å²) in [5.41, 5.74) is 0.948. The first-order valence-corrected chi connectivity index (χ1v) is 9.74. The number of nitrogens with one attached hydrogen (secondary N) is 1. The molecule has 0 saturated heterocycles. The number of rotatable bonds is 8. The van der Waals surface area contributed by atoms with Crippen molar-refractivity contribution in [2.45, 2.75) is 0 Å². The van der Waals surface area contributed by atoms with Crippen molar-refractivity contribution in [3.05, 3.63) is 54.1 Å². The van der Waals surface area contributed by atoms with Gasteiger partial charge in [-0.3, -0.25) is 9.10 Å².